The Morgan fingerprint density at radius 3 is 2.24 bits per heavy atom. The van der Waals surface area contributed by atoms with Crippen molar-refractivity contribution in [2.75, 3.05) is 0 Å². The van der Waals surface area contributed by atoms with E-state index < -0.39 is 34.1 Å². The van der Waals surface area contributed by atoms with Crippen LogP contribution in [0.25, 0.3) is 11.4 Å². The predicted molar refractivity (Wildman–Crippen MR) is 117 cm³/mol. The standard InChI is InChI=1S/C21H9Cl2F2N5O4/c22-15-6-13(30-21(33)27-20(32)17(8-26)28-30)7-16(23)19(15)34-14-1-2-18(31)29(9-14)12-4-10(24)3-11(25)5-12/h1-7,9H,(H,27,32,33). The highest BCUT2D eigenvalue weighted by Gasteiger charge is 2.16. The van der Waals surface area contributed by atoms with Crippen LogP contribution in [-0.2, 0) is 0 Å². The minimum Gasteiger partial charge on any atom is -0.453 e. The molecule has 13 heteroatoms. The molecule has 4 rings (SSSR count). The number of hydrogen-bond donors (Lipinski definition) is 1. The van der Waals surface area contributed by atoms with Gasteiger partial charge in [0, 0.05) is 12.1 Å². The zero-order chi connectivity index (χ0) is 24.6. The molecule has 1 N–H and O–H groups in total. The van der Waals surface area contributed by atoms with Gasteiger partial charge in [-0.15, -0.1) is 5.10 Å². The number of hydrogen-bond acceptors (Lipinski definition) is 6. The average Bonchev–Trinajstić information content (AvgIpc) is 2.76. The van der Waals surface area contributed by atoms with Crippen molar-refractivity contribution in [3.63, 3.8) is 0 Å². The summed E-state index contributed by atoms with van der Waals surface area (Å²) in [5, 5.41) is 12.5. The van der Waals surface area contributed by atoms with Crippen molar-refractivity contribution in [3.8, 4) is 28.9 Å². The second kappa shape index (κ2) is 8.93. The first-order valence-electron chi connectivity index (χ1n) is 9.16. The molecule has 0 amide bonds. The molecule has 0 saturated carbocycles. The van der Waals surface area contributed by atoms with Crippen molar-refractivity contribution in [2.45, 2.75) is 0 Å². The first kappa shape index (κ1) is 22.9. The van der Waals surface area contributed by atoms with E-state index in [2.05, 4.69) is 5.10 Å². The third-order valence-corrected chi connectivity index (χ3v) is 4.95. The van der Waals surface area contributed by atoms with Gasteiger partial charge in [0.1, 0.15) is 23.5 Å². The molecule has 0 radical (unpaired) electrons. The van der Waals surface area contributed by atoms with Crippen LogP contribution in [0.15, 0.2) is 63.0 Å². The SMILES string of the molecule is N#Cc1nn(-c2cc(Cl)c(Oc3ccc(=O)n(-c4cc(F)cc(F)c4)c3)c(Cl)c2)c(=O)[nH]c1=O. The number of benzene rings is 2. The van der Waals surface area contributed by atoms with Gasteiger partial charge in [0.25, 0.3) is 11.1 Å². The van der Waals surface area contributed by atoms with Gasteiger partial charge in [0.15, 0.2) is 5.75 Å². The number of nitrogens with zero attached hydrogens (tertiary/aromatic N) is 4. The van der Waals surface area contributed by atoms with E-state index in [1.54, 1.807) is 6.07 Å². The molecule has 4 aromatic rings. The van der Waals surface area contributed by atoms with E-state index in [1.807, 2.05) is 4.98 Å². The van der Waals surface area contributed by atoms with Gasteiger partial charge in [-0.3, -0.25) is 19.1 Å². The molecule has 0 unspecified atom stereocenters. The van der Waals surface area contributed by atoms with Crippen molar-refractivity contribution in [2.24, 2.45) is 0 Å². The van der Waals surface area contributed by atoms with Crippen LogP contribution in [0, 0.1) is 23.0 Å². The monoisotopic (exact) mass is 503 g/mol. The summed E-state index contributed by atoms with van der Waals surface area (Å²) in [5.74, 6) is -1.77. The zero-order valence-electron chi connectivity index (χ0n) is 16.6. The lowest BCUT2D eigenvalue weighted by atomic mass is 10.2. The van der Waals surface area contributed by atoms with Gasteiger partial charge in [-0.2, -0.15) is 9.94 Å². The average molecular weight is 504 g/mol. The number of pyridine rings is 1. The fraction of sp³-hybridized carbons (Fsp3) is 0. The van der Waals surface area contributed by atoms with Crippen LogP contribution in [0.4, 0.5) is 8.78 Å². The molecule has 0 saturated heterocycles. The third kappa shape index (κ3) is 4.45. The Bertz CT molecular complexity index is 1630. The quantitative estimate of drug-likeness (QED) is 0.455. The predicted octanol–water partition coefficient (Wildman–Crippen LogP) is 3.32. The number of aromatic amines is 1. The van der Waals surface area contributed by atoms with Gasteiger partial charge in [0.05, 0.1) is 27.6 Å². The van der Waals surface area contributed by atoms with E-state index in [9.17, 15) is 23.2 Å². The fourth-order valence-electron chi connectivity index (χ4n) is 2.94. The second-order valence-electron chi connectivity index (χ2n) is 6.67. The maximum atomic E-state index is 13.6. The van der Waals surface area contributed by atoms with Crippen LogP contribution in [0.2, 0.25) is 10.0 Å². The van der Waals surface area contributed by atoms with Crippen molar-refractivity contribution in [1.29, 1.82) is 5.26 Å². The number of halogens is 4. The Morgan fingerprint density at radius 1 is 0.971 bits per heavy atom. The Balaban J connectivity index is 1.74. The van der Waals surface area contributed by atoms with E-state index in [1.165, 1.54) is 24.4 Å². The molecule has 2 aromatic carbocycles. The van der Waals surface area contributed by atoms with E-state index in [0.717, 1.165) is 27.4 Å². The van der Waals surface area contributed by atoms with Crippen LogP contribution < -0.4 is 21.5 Å². The van der Waals surface area contributed by atoms with Crippen LogP contribution in [0.3, 0.4) is 0 Å². The van der Waals surface area contributed by atoms with Gasteiger partial charge < -0.3 is 4.74 Å². The van der Waals surface area contributed by atoms with E-state index in [0.29, 0.717) is 6.07 Å². The first-order chi connectivity index (χ1) is 16.2. The summed E-state index contributed by atoms with van der Waals surface area (Å²) >= 11 is 12.5. The lowest BCUT2D eigenvalue weighted by Gasteiger charge is -2.13. The minimum atomic E-state index is -0.950. The van der Waals surface area contributed by atoms with Crippen molar-refractivity contribution >= 4 is 23.2 Å². The fourth-order valence-corrected chi connectivity index (χ4v) is 3.49. The highest BCUT2D eigenvalue weighted by atomic mass is 35.5. The summed E-state index contributed by atoms with van der Waals surface area (Å²) in [6.07, 6.45) is 1.18. The summed E-state index contributed by atoms with van der Waals surface area (Å²) in [6.45, 7) is 0. The largest absolute Gasteiger partial charge is 0.453 e. The molecule has 0 atom stereocenters. The molecule has 2 aromatic heterocycles. The molecule has 34 heavy (non-hydrogen) atoms. The topological polar surface area (TPSA) is 123 Å². The Kier molecular flexibility index (Phi) is 6.02. The minimum absolute atomic E-state index is 0.0281. The third-order valence-electron chi connectivity index (χ3n) is 4.39. The zero-order valence-corrected chi connectivity index (χ0v) is 18.1. The lowest BCUT2D eigenvalue weighted by Crippen LogP contribution is -2.33. The molecule has 170 valence electrons. The normalized spacial score (nSPS) is 10.7. The highest BCUT2D eigenvalue weighted by molar-refractivity contribution is 6.37. The van der Waals surface area contributed by atoms with Crippen molar-refractivity contribution in [1.82, 2.24) is 19.3 Å². The summed E-state index contributed by atoms with van der Waals surface area (Å²) in [7, 11) is 0. The second-order valence-corrected chi connectivity index (χ2v) is 7.49. The summed E-state index contributed by atoms with van der Waals surface area (Å²) in [6, 6.07) is 9.05. The Hall–Kier alpha value is -4.27. The Labute approximate surface area is 197 Å². The van der Waals surface area contributed by atoms with E-state index >= 15 is 0 Å². The van der Waals surface area contributed by atoms with Crippen LogP contribution in [0.1, 0.15) is 5.69 Å². The molecule has 0 aliphatic rings. The Morgan fingerprint density at radius 2 is 1.62 bits per heavy atom. The first-order valence-corrected chi connectivity index (χ1v) is 9.92. The molecule has 0 aliphatic heterocycles. The molecular formula is C21H9Cl2F2N5O4. The van der Waals surface area contributed by atoms with Crippen molar-refractivity contribution < 1.29 is 13.5 Å². The number of nitrogens with one attached hydrogen (secondary N) is 1. The van der Waals surface area contributed by atoms with Gasteiger partial charge >= 0.3 is 5.69 Å². The highest BCUT2D eigenvalue weighted by Crippen LogP contribution is 2.38. The molecular weight excluding hydrogens is 495 g/mol. The lowest BCUT2D eigenvalue weighted by molar-refractivity contribution is 0.478. The van der Waals surface area contributed by atoms with Crippen molar-refractivity contribution in [3.05, 3.63) is 107 Å². The summed E-state index contributed by atoms with van der Waals surface area (Å²) in [5.41, 5.74) is -3.06. The van der Waals surface area contributed by atoms with Gasteiger partial charge in [-0.1, -0.05) is 23.2 Å². The van der Waals surface area contributed by atoms with Gasteiger partial charge in [0.2, 0.25) is 5.69 Å². The molecule has 0 bridgehead atoms. The van der Waals surface area contributed by atoms with Gasteiger partial charge in [-0.05, 0) is 30.3 Å². The van der Waals surface area contributed by atoms with Crippen LogP contribution in [0.5, 0.6) is 11.5 Å². The number of rotatable bonds is 4. The van der Waals surface area contributed by atoms with Crippen LogP contribution >= 0.6 is 23.2 Å². The number of aromatic nitrogens is 4. The maximum absolute atomic E-state index is 13.6. The van der Waals surface area contributed by atoms with Gasteiger partial charge in [-0.25, -0.2) is 13.6 Å². The smallest absolute Gasteiger partial charge is 0.349 e. The molecule has 0 fully saturated rings. The molecule has 9 nitrogen and oxygen atoms in total. The maximum Gasteiger partial charge on any atom is 0.349 e. The number of ether oxygens (including phenoxy) is 1. The molecule has 2 heterocycles. The summed E-state index contributed by atoms with van der Waals surface area (Å²) in [4.78, 5) is 37.8. The number of nitriles is 1. The number of H-pyrrole nitrogens is 1. The molecule has 0 aliphatic carbocycles. The summed E-state index contributed by atoms with van der Waals surface area (Å²) < 4.78 is 34.5. The van der Waals surface area contributed by atoms with E-state index in [4.69, 9.17) is 33.2 Å². The van der Waals surface area contributed by atoms with E-state index in [-0.39, 0.29) is 32.9 Å². The molecule has 0 spiro atoms. The van der Waals surface area contributed by atoms with Crippen LogP contribution in [-0.4, -0.2) is 19.3 Å².